The lowest BCUT2D eigenvalue weighted by molar-refractivity contribution is 0.0953. The van der Waals surface area contributed by atoms with Crippen LogP contribution in [0.1, 0.15) is 21.5 Å². The number of ether oxygens (including phenoxy) is 1. The number of thiophene rings is 1. The predicted molar refractivity (Wildman–Crippen MR) is 103 cm³/mol. The first kappa shape index (κ1) is 17.0. The van der Waals surface area contributed by atoms with E-state index in [-0.39, 0.29) is 5.91 Å². The van der Waals surface area contributed by atoms with Gasteiger partial charge in [-0.05, 0) is 35.7 Å². The van der Waals surface area contributed by atoms with Gasteiger partial charge >= 0.3 is 0 Å². The van der Waals surface area contributed by atoms with Crippen molar-refractivity contribution in [2.75, 3.05) is 12.8 Å². The molecular formula is C20H20N2O2S. The number of amides is 1. The molecule has 0 unspecified atom stereocenters. The lowest BCUT2D eigenvalue weighted by Gasteiger charge is -2.10. The third kappa shape index (κ3) is 3.67. The SMILES string of the molecule is COc1ccc(-c2csc(N)c2C(=O)NCc2ccccc2)cc1C. The Hall–Kier alpha value is -2.79. The molecule has 1 aromatic heterocycles. The normalized spacial score (nSPS) is 10.5. The minimum Gasteiger partial charge on any atom is -0.496 e. The average Bonchev–Trinajstić information content (AvgIpc) is 3.02. The number of nitrogens with one attached hydrogen (secondary N) is 1. The van der Waals surface area contributed by atoms with Crippen molar-refractivity contribution in [1.29, 1.82) is 0 Å². The van der Waals surface area contributed by atoms with Crippen LogP contribution in [-0.4, -0.2) is 13.0 Å². The Balaban J connectivity index is 1.86. The summed E-state index contributed by atoms with van der Waals surface area (Å²) in [5.41, 5.74) is 10.5. The molecule has 1 amide bonds. The summed E-state index contributed by atoms with van der Waals surface area (Å²) in [6, 6.07) is 15.7. The number of hydrogen-bond acceptors (Lipinski definition) is 4. The van der Waals surface area contributed by atoms with Crippen LogP contribution in [0.2, 0.25) is 0 Å². The highest BCUT2D eigenvalue weighted by molar-refractivity contribution is 7.15. The molecule has 0 bridgehead atoms. The van der Waals surface area contributed by atoms with Gasteiger partial charge in [-0.3, -0.25) is 4.79 Å². The Morgan fingerprint density at radius 2 is 1.96 bits per heavy atom. The number of methoxy groups -OCH3 is 1. The Bertz CT molecular complexity index is 888. The number of aryl methyl sites for hydroxylation is 1. The highest BCUT2D eigenvalue weighted by atomic mass is 32.1. The molecule has 2 aromatic carbocycles. The quantitative estimate of drug-likeness (QED) is 0.722. The van der Waals surface area contributed by atoms with Crippen molar-refractivity contribution in [1.82, 2.24) is 5.32 Å². The summed E-state index contributed by atoms with van der Waals surface area (Å²) in [6.07, 6.45) is 0. The molecule has 3 aromatic rings. The Kier molecular flexibility index (Phi) is 5.05. The zero-order valence-corrected chi connectivity index (χ0v) is 15.0. The monoisotopic (exact) mass is 352 g/mol. The van der Waals surface area contributed by atoms with E-state index in [0.717, 1.165) is 28.0 Å². The molecule has 0 fully saturated rings. The molecule has 3 N–H and O–H groups in total. The molecular weight excluding hydrogens is 332 g/mol. The third-order valence-electron chi connectivity index (χ3n) is 4.05. The average molecular weight is 352 g/mol. The number of carbonyl (C=O) groups is 1. The van der Waals surface area contributed by atoms with Gasteiger partial charge in [0.2, 0.25) is 0 Å². The second kappa shape index (κ2) is 7.40. The lowest BCUT2D eigenvalue weighted by Crippen LogP contribution is -2.23. The molecule has 0 saturated heterocycles. The van der Waals surface area contributed by atoms with Crippen LogP contribution in [-0.2, 0) is 6.54 Å². The van der Waals surface area contributed by atoms with E-state index in [1.807, 2.05) is 60.8 Å². The fraction of sp³-hybridized carbons (Fsp3) is 0.150. The summed E-state index contributed by atoms with van der Waals surface area (Å²) < 4.78 is 5.30. The van der Waals surface area contributed by atoms with Crippen molar-refractivity contribution >= 4 is 22.2 Å². The number of nitrogens with two attached hydrogens (primary N) is 1. The Morgan fingerprint density at radius 3 is 2.64 bits per heavy atom. The van der Waals surface area contributed by atoms with Crippen LogP contribution in [0, 0.1) is 6.92 Å². The molecule has 0 aliphatic heterocycles. The van der Waals surface area contributed by atoms with Crippen LogP contribution in [0.5, 0.6) is 5.75 Å². The molecule has 0 aliphatic rings. The van der Waals surface area contributed by atoms with E-state index in [1.165, 1.54) is 11.3 Å². The van der Waals surface area contributed by atoms with E-state index in [0.29, 0.717) is 17.1 Å². The van der Waals surface area contributed by atoms with Gasteiger partial charge in [-0.1, -0.05) is 36.4 Å². The highest BCUT2D eigenvalue weighted by Crippen LogP contribution is 2.35. The maximum atomic E-state index is 12.7. The van der Waals surface area contributed by atoms with E-state index in [2.05, 4.69) is 5.32 Å². The molecule has 1 heterocycles. The molecule has 0 saturated carbocycles. The van der Waals surface area contributed by atoms with Gasteiger partial charge in [0, 0.05) is 17.5 Å². The lowest BCUT2D eigenvalue weighted by atomic mass is 10.0. The predicted octanol–water partition coefficient (Wildman–Crippen LogP) is 4.24. The van der Waals surface area contributed by atoms with Crippen LogP contribution in [0.25, 0.3) is 11.1 Å². The molecule has 5 heteroatoms. The van der Waals surface area contributed by atoms with E-state index in [4.69, 9.17) is 10.5 Å². The molecule has 0 aliphatic carbocycles. The van der Waals surface area contributed by atoms with Gasteiger partial charge in [-0.15, -0.1) is 11.3 Å². The van der Waals surface area contributed by atoms with Gasteiger partial charge in [0.05, 0.1) is 17.7 Å². The largest absolute Gasteiger partial charge is 0.496 e. The van der Waals surface area contributed by atoms with Gasteiger partial charge in [0.15, 0.2) is 0 Å². The molecule has 0 radical (unpaired) electrons. The minimum absolute atomic E-state index is 0.161. The summed E-state index contributed by atoms with van der Waals surface area (Å²) in [7, 11) is 1.65. The van der Waals surface area contributed by atoms with Gasteiger partial charge in [-0.25, -0.2) is 0 Å². The van der Waals surface area contributed by atoms with Crippen LogP contribution < -0.4 is 15.8 Å². The molecule has 128 valence electrons. The summed E-state index contributed by atoms with van der Waals surface area (Å²) in [4.78, 5) is 12.7. The molecule has 25 heavy (non-hydrogen) atoms. The fourth-order valence-corrected chi connectivity index (χ4v) is 3.55. The standard InChI is InChI=1S/C20H20N2O2S/c1-13-10-15(8-9-17(13)24-2)16-12-25-19(21)18(16)20(23)22-11-14-6-4-3-5-7-14/h3-10,12H,11,21H2,1-2H3,(H,22,23). The number of anilines is 1. The smallest absolute Gasteiger partial charge is 0.255 e. The zero-order valence-electron chi connectivity index (χ0n) is 14.2. The number of rotatable bonds is 5. The Morgan fingerprint density at radius 1 is 1.20 bits per heavy atom. The van der Waals surface area contributed by atoms with Gasteiger partial charge in [0.25, 0.3) is 5.91 Å². The van der Waals surface area contributed by atoms with E-state index >= 15 is 0 Å². The number of nitrogen functional groups attached to an aromatic ring is 1. The first-order valence-corrected chi connectivity index (χ1v) is 8.82. The highest BCUT2D eigenvalue weighted by Gasteiger charge is 2.19. The van der Waals surface area contributed by atoms with E-state index in [9.17, 15) is 4.79 Å². The maximum Gasteiger partial charge on any atom is 0.255 e. The minimum atomic E-state index is -0.161. The second-order valence-electron chi connectivity index (χ2n) is 5.74. The van der Waals surface area contributed by atoms with Crippen molar-refractivity contribution in [2.24, 2.45) is 0 Å². The van der Waals surface area contributed by atoms with E-state index in [1.54, 1.807) is 7.11 Å². The van der Waals surface area contributed by atoms with Crippen LogP contribution in [0.4, 0.5) is 5.00 Å². The molecule has 0 spiro atoms. The van der Waals surface area contributed by atoms with Crippen molar-refractivity contribution in [3.05, 3.63) is 70.6 Å². The van der Waals surface area contributed by atoms with Gasteiger partial charge < -0.3 is 15.8 Å². The van der Waals surface area contributed by atoms with Crippen LogP contribution in [0.3, 0.4) is 0 Å². The summed E-state index contributed by atoms with van der Waals surface area (Å²) in [5, 5.41) is 5.40. The van der Waals surface area contributed by atoms with Gasteiger partial charge in [0.1, 0.15) is 5.75 Å². The number of benzene rings is 2. The Labute approximate surface area is 151 Å². The zero-order chi connectivity index (χ0) is 17.8. The summed E-state index contributed by atoms with van der Waals surface area (Å²) in [5.74, 6) is 0.660. The fourth-order valence-electron chi connectivity index (χ4n) is 2.73. The van der Waals surface area contributed by atoms with Crippen LogP contribution >= 0.6 is 11.3 Å². The van der Waals surface area contributed by atoms with Crippen molar-refractivity contribution in [3.63, 3.8) is 0 Å². The maximum absolute atomic E-state index is 12.7. The van der Waals surface area contributed by atoms with E-state index < -0.39 is 0 Å². The molecule has 3 rings (SSSR count). The van der Waals surface area contributed by atoms with Gasteiger partial charge in [-0.2, -0.15) is 0 Å². The molecule has 4 nitrogen and oxygen atoms in total. The van der Waals surface area contributed by atoms with Crippen molar-refractivity contribution in [3.8, 4) is 16.9 Å². The topological polar surface area (TPSA) is 64.3 Å². The molecule has 0 atom stereocenters. The van der Waals surface area contributed by atoms with Crippen LogP contribution in [0.15, 0.2) is 53.9 Å². The first-order valence-electron chi connectivity index (χ1n) is 7.94. The summed E-state index contributed by atoms with van der Waals surface area (Å²) in [6.45, 7) is 2.45. The van der Waals surface area contributed by atoms with Crippen molar-refractivity contribution in [2.45, 2.75) is 13.5 Å². The number of hydrogen-bond donors (Lipinski definition) is 2. The third-order valence-corrected chi connectivity index (χ3v) is 4.86. The second-order valence-corrected chi connectivity index (χ2v) is 6.65. The number of carbonyl (C=O) groups excluding carboxylic acids is 1. The first-order chi connectivity index (χ1) is 12.1. The van der Waals surface area contributed by atoms with Crippen molar-refractivity contribution < 1.29 is 9.53 Å². The summed E-state index contributed by atoms with van der Waals surface area (Å²) >= 11 is 1.38.